The van der Waals surface area contributed by atoms with Gasteiger partial charge in [-0.25, -0.2) is 4.98 Å². The van der Waals surface area contributed by atoms with Gasteiger partial charge in [0.2, 0.25) is 0 Å². The fraction of sp³-hybridized carbons (Fsp3) is 0.0455. The van der Waals surface area contributed by atoms with E-state index in [2.05, 4.69) is 79.7 Å². The summed E-state index contributed by atoms with van der Waals surface area (Å²) in [4.78, 5) is 4.93. The number of para-hydroxylation sites is 1. The first-order chi connectivity index (χ1) is 11.3. The smallest absolute Gasteiger partial charge is 0.0745 e. The highest BCUT2D eigenvalue weighted by atomic mass is 35.5. The average molecular weight is 332 g/mol. The number of rotatable bonds is 2. The van der Waals surface area contributed by atoms with Crippen molar-refractivity contribution in [1.29, 1.82) is 0 Å². The van der Waals surface area contributed by atoms with Crippen molar-refractivity contribution in [3.63, 3.8) is 0 Å². The van der Waals surface area contributed by atoms with Crippen LogP contribution in [-0.4, -0.2) is 4.98 Å². The van der Waals surface area contributed by atoms with Gasteiger partial charge in [-0.05, 0) is 29.7 Å². The van der Waals surface area contributed by atoms with Gasteiger partial charge in [-0.1, -0.05) is 78.9 Å². The van der Waals surface area contributed by atoms with Crippen LogP contribution in [0, 0.1) is 6.92 Å². The summed E-state index contributed by atoms with van der Waals surface area (Å²) in [6, 6.07) is 29.4. The predicted octanol–water partition coefficient (Wildman–Crippen LogP) is 6.30. The molecule has 0 spiro atoms. The van der Waals surface area contributed by atoms with Gasteiger partial charge in [0, 0.05) is 10.9 Å². The number of aromatic nitrogens is 1. The van der Waals surface area contributed by atoms with Crippen molar-refractivity contribution in [2.75, 3.05) is 0 Å². The van der Waals surface area contributed by atoms with Gasteiger partial charge in [0.25, 0.3) is 0 Å². The number of pyridine rings is 1. The maximum atomic E-state index is 4.93. The lowest BCUT2D eigenvalue weighted by molar-refractivity contribution is 1.33. The van der Waals surface area contributed by atoms with Gasteiger partial charge < -0.3 is 0 Å². The first-order valence-electron chi connectivity index (χ1n) is 7.85. The minimum absolute atomic E-state index is 0. The standard InChI is InChI=1S/C22H17N.ClH/c1-16-21(17-10-4-2-5-11-17)19-14-8-9-15-20(19)23-22(16)18-12-6-3-7-13-18;/h2-15H,1H3;1H. The Hall–Kier alpha value is -2.64. The van der Waals surface area contributed by atoms with Crippen molar-refractivity contribution < 1.29 is 0 Å². The van der Waals surface area contributed by atoms with Crippen molar-refractivity contribution in [3.05, 3.63) is 90.5 Å². The molecule has 0 aliphatic heterocycles. The number of hydrogen-bond donors (Lipinski definition) is 0. The van der Waals surface area contributed by atoms with Crippen LogP contribution in [0.2, 0.25) is 0 Å². The highest BCUT2D eigenvalue weighted by Crippen LogP contribution is 2.36. The Labute approximate surface area is 148 Å². The van der Waals surface area contributed by atoms with Gasteiger partial charge in [0.05, 0.1) is 11.2 Å². The van der Waals surface area contributed by atoms with E-state index in [9.17, 15) is 0 Å². The molecule has 1 aromatic heterocycles. The Morgan fingerprint density at radius 2 is 1.17 bits per heavy atom. The van der Waals surface area contributed by atoms with Crippen molar-refractivity contribution in [2.24, 2.45) is 0 Å². The van der Waals surface area contributed by atoms with Crippen LogP contribution in [0.4, 0.5) is 0 Å². The van der Waals surface area contributed by atoms with E-state index < -0.39 is 0 Å². The van der Waals surface area contributed by atoms with Crippen LogP contribution in [0.25, 0.3) is 33.3 Å². The Bertz CT molecular complexity index is 963. The first kappa shape index (κ1) is 16.2. The van der Waals surface area contributed by atoms with Gasteiger partial charge in [-0.3, -0.25) is 0 Å². The van der Waals surface area contributed by atoms with Gasteiger partial charge in [-0.15, -0.1) is 12.4 Å². The van der Waals surface area contributed by atoms with Crippen LogP contribution in [-0.2, 0) is 0 Å². The molecule has 1 nitrogen and oxygen atoms in total. The lowest BCUT2D eigenvalue weighted by atomic mass is 9.93. The van der Waals surface area contributed by atoms with Gasteiger partial charge in [-0.2, -0.15) is 0 Å². The van der Waals surface area contributed by atoms with Crippen LogP contribution in [0.5, 0.6) is 0 Å². The van der Waals surface area contributed by atoms with E-state index >= 15 is 0 Å². The zero-order valence-corrected chi connectivity index (χ0v) is 14.3. The molecule has 0 aliphatic carbocycles. The van der Waals surface area contributed by atoms with Gasteiger partial charge >= 0.3 is 0 Å². The Kier molecular flexibility index (Phi) is 4.64. The van der Waals surface area contributed by atoms with Crippen LogP contribution >= 0.6 is 12.4 Å². The van der Waals surface area contributed by atoms with E-state index in [1.807, 2.05) is 12.1 Å². The molecule has 0 saturated carbocycles. The van der Waals surface area contributed by atoms with E-state index in [-0.39, 0.29) is 12.4 Å². The molecule has 118 valence electrons. The molecule has 0 N–H and O–H groups in total. The third kappa shape index (κ3) is 2.79. The molecule has 24 heavy (non-hydrogen) atoms. The molecule has 4 aromatic rings. The maximum absolute atomic E-state index is 4.93. The molecule has 0 atom stereocenters. The normalized spacial score (nSPS) is 10.4. The Balaban J connectivity index is 0.00000169. The topological polar surface area (TPSA) is 12.9 Å². The Morgan fingerprint density at radius 3 is 1.83 bits per heavy atom. The number of nitrogens with zero attached hydrogens (tertiary/aromatic N) is 1. The highest BCUT2D eigenvalue weighted by Gasteiger charge is 2.14. The van der Waals surface area contributed by atoms with E-state index in [0.29, 0.717) is 0 Å². The summed E-state index contributed by atoms with van der Waals surface area (Å²) in [7, 11) is 0. The molecule has 0 unspecified atom stereocenters. The lowest BCUT2D eigenvalue weighted by Crippen LogP contribution is -1.95. The molecular weight excluding hydrogens is 314 g/mol. The van der Waals surface area contributed by atoms with E-state index in [1.54, 1.807) is 0 Å². The highest BCUT2D eigenvalue weighted by molar-refractivity contribution is 5.99. The Morgan fingerprint density at radius 1 is 0.625 bits per heavy atom. The molecule has 0 radical (unpaired) electrons. The third-order valence-electron chi connectivity index (χ3n) is 4.25. The second kappa shape index (κ2) is 6.86. The van der Waals surface area contributed by atoms with Crippen molar-refractivity contribution in [1.82, 2.24) is 4.98 Å². The SMILES string of the molecule is Cc1c(-c2ccccc2)nc2ccccc2c1-c1ccccc1.Cl. The summed E-state index contributed by atoms with van der Waals surface area (Å²) in [5.74, 6) is 0. The summed E-state index contributed by atoms with van der Waals surface area (Å²) < 4.78 is 0. The maximum Gasteiger partial charge on any atom is 0.0745 e. The number of halogens is 1. The number of fused-ring (bicyclic) bond motifs is 1. The zero-order valence-electron chi connectivity index (χ0n) is 13.4. The quantitative estimate of drug-likeness (QED) is 0.420. The predicted molar refractivity (Wildman–Crippen MR) is 105 cm³/mol. The second-order valence-corrected chi connectivity index (χ2v) is 5.71. The minimum atomic E-state index is 0. The minimum Gasteiger partial charge on any atom is -0.247 e. The summed E-state index contributed by atoms with van der Waals surface area (Å²) in [5, 5.41) is 1.20. The molecule has 4 rings (SSSR count). The van der Waals surface area contributed by atoms with Crippen LogP contribution in [0.15, 0.2) is 84.9 Å². The molecule has 0 aliphatic rings. The third-order valence-corrected chi connectivity index (χ3v) is 4.25. The van der Waals surface area contributed by atoms with Crippen molar-refractivity contribution in [3.8, 4) is 22.4 Å². The average Bonchev–Trinajstić information content (AvgIpc) is 2.63. The van der Waals surface area contributed by atoms with E-state index in [0.717, 1.165) is 16.8 Å². The molecule has 0 saturated heterocycles. The second-order valence-electron chi connectivity index (χ2n) is 5.71. The van der Waals surface area contributed by atoms with Crippen molar-refractivity contribution >= 4 is 23.3 Å². The molecule has 1 heterocycles. The molecule has 0 fully saturated rings. The molecule has 0 amide bonds. The van der Waals surface area contributed by atoms with Gasteiger partial charge in [0.1, 0.15) is 0 Å². The molecule has 3 aromatic carbocycles. The lowest BCUT2D eigenvalue weighted by Gasteiger charge is -2.15. The summed E-state index contributed by atoms with van der Waals surface area (Å²) in [6.07, 6.45) is 0. The van der Waals surface area contributed by atoms with Crippen LogP contribution < -0.4 is 0 Å². The van der Waals surface area contributed by atoms with Crippen LogP contribution in [0.3, 0.4) is 0 Å². The summed E-state index contributed by atoms with van der Waals surface area (Å²) in [6.45, 7) is 2.17. The molecule has 2 heteroatoms. The van der Waals surface area contributed by atoms with E-state index in [4.69, 9.17) is 4.98 Å². The summed E-state index contributed by atoms with van der Waals surface area (Å²) >= 11 is 0. The largest absolute Gasteiger partial charge is 0.247 e. The molecular formula is C22H18ClN. The van der Waals surface area contributed by atoms with Crippen LogP contribution in [0.1, 0.15) is 5.56 Å². The van der Waals surface area contributed by atoms with E-state index in [1.165, 1.54) is 22.1 Å². The van der Waals surface area contributed by atoms with Crippen molar-refractivity contribution in [2.45, 2.75) is 6.92 Å². The first-order valence-corrected chi connectivity index (χ1v) is 7.85. The zero-order chi connectivity index (χ0) is 15.6. The number of benzene rings is 3. The summed E-state index contributed by atoms with van der Waals surface area (Å²) in [5.41, 5.74) is 6.99. The fourth-order valence-corrected chi connectivity index (χ4v) is 3.16. The number of hydrogen-bond acceptors (Lipinski definition) is 1. The molecule has 0 bridgehead atoms. The van der Waals surface area contributed by atoms with Gasteiger partial charge in [0.15, 0.2) is 0 Å². The monoisotopic (exact) mass is 331 g/mol. The fourth-order valence-electron chi connectivity index (χ4n) is 3.16.